The van der Waals surface area contributed by atoms with Gasteiger partial charge in [0, 0.05) is 19.6 Å². The number of hydrogen-bond donors (Lipinski definition) is 3. The topological polar surface area (TPSA) is 126 Å². The third-order valence-corrected chi connectivity index (χ3v) is 9.06. The van der Waals surface area contributed by atoms with Gasteiger partial charge in [0.15, 0.2) is 0 Å². The molecule has 1 saturated heterocycles. The first-order valence-electron chi connectivity index (χ1n) is 12.7. The Balaban J connectivity index is 1.32. The molecule has 196 valence electrons. The molecule has 0 radical (unpaired) electrons. The van der Waals surface area contributed by atoms with Gasteiger partial charge in [-0.05, 0) is 61.4 Å². The highest BCUT2D eigenvalue weighted by Crippen LogP contribution is 2.54. The van der Waals surface area contributed by atoms with Crippen molar-refractivity contribution in [2.24, 2.45) is 5.41 Å². The number of anilines is 3. The number of ether oxygens (including phenoxy) is 1. The molecule has 1 aliphatic carbocycles. The van der Waals surface area contributed by atoms with Gasteiger partial charge in [0.1, 0.15) is 17.9 Å². The number of carbonyl (C=O) groups is 1. The minimum Gasteiger partial charge on any atom is -0.395 e. The van der Waals surface area contributed by atoms with E-state index in [0.29, 0.717) is 41.3 Å². The summed E-state index contributed by atoms with van der Waals surface area (Å²) in [5.41, 5.74) is 4.30. The number of aliphatic hydroxyl groups excluding tert-OH is 1. The molecule has 2 fully saturated rings. The van der Waals surface area contributed by atoms with E-state index in [9.17, 15) is 13.2 Å². The summed E-state index contributed by atoms with van der Waals surface area (Å²) in [4.78, 5) is 20.5. The maximum atomic E-state index is 13.6. The highest BCUT2D eigenvalue weighted by Gasteiger charge is 2.44. The summed E-state index contributed by atoms with van der Waals surface area (Å²) < 4.78 is 34.7. The first kappa shape index (κ1) is 24.2. The minimum absolute atomic E-state index is 0.277. The normalized spacial score (nSPS) is 18.6. The molecule has 10 nitrogen and oxygen atoms in total. The fraction of sp³-hybridized carbons (Fsp3) is 0.462. The zero-order valence-corrected chi connectivity index (χ0v) is 21.4. The quantitative estimate of drug-likeness (QED) is 0.433. The molecule has 2 aliphatic heterocycles. The molecule has 2 aromatic carbocycles. The fourth-order valence-electron chi connectivity index (χ4n) is 5.46. The number of aromatic nitrogens is 2. The van der Waals surface area contributed by atoms with Crippen molar-refractivity contribution in [1.29, 1.82) is 0 Å². The van der Waals surface area contributed by atoms with Crippen LogP contribution in [0, 0.1) is 5.41 Å². The maximum Gasteiger partial charge on any atom is 0.257 e. The van der Waals surface area contributed by atoms with Crippen LogP contribution in [-0.2, 0) is 27.9 Å². The number of para-hydroxylation sites is 1. The third-order valence-electron chi connectivity index (χ3n) is 7.79. The molecule has 11 heteroatoms. The van der Waals surface area contributed by atoms with E-state index in [0.717, 1.165) is 49.3 Å². The summed E-state index contributed by atoms with van der Waals surface area (Å²) in [6.45, 7) is 2.96. The number of hydrogen-bond acceptors (Lipinski definition) is 7. The Morgan fingerprint density at radius 3 is 2.68 bits per heavy atom. The first-order valence-corrected chi connectivity index (χ1v) is 14.4. The summed E-state index contributed by atoms with van der Waals surface area (Å²) in [7, 11) is -3.69. The summed E-state index contributed by atoms with van der Waals surface area (Å²) in [5, 5.41) is 12.1. The number of aliphatic hydroxyl groups is 1. The number of amides is 1. The van der Waals surface area contributed by atoms with Crippen LogP contribution in [0.4, 0.5) is 17.1 Å². The Morgan fingerprint density at radius 2 is 1.92 bits per heavy atom. The van der Waals surface area contributed by atoms with Crippen LogP contribution in [-0.4, -0.2) is 61.0 Å². The number of imidazole rings is 1. The van der Waals surface area contributed by atoms with E-state index >= 15 is 0 Å². The average Bonchev–Trinajstić information content (AvgIpc) is 3.52. The number of fused-ring (bicyclic) bond motifs is 3. The highest BCUT2D eigenvalue weighted by molar-refractivity contribution is 7.92. The van der Waals surface area contributed by atoms with Crippen LogP contribution in [0.1, 0.15) is 41.9 Å². The minimum atomic E-state index is -3.69. The van der Waals surface area contributed by atoms with Crippen molar-refractivity contribution >= 4 is 44.0 Å². The molecular weight excluding hydrogens is 494 g/mol. The lowest BCUT2D eigenvalue weighted by atomic mass is 9.93. The number of rotatable bonds is 7. The summed E-state index contributed by atoms with van der Waals surface area (Å²) in [5.74, 6) is 0.173. The molecule has 1 aromatic heterocycles. The van der Waals surface area contributed by atoms with Crippen LogP contribution in [0.3, 0.4) is 0 Å². The van der Waals surface area contributed by atoms with E-state index in [1.54, 1.807) is 18.2 Å². The van der Waals surface area contributed by atoms with Crippen LogP contribution in [0.15, 0.2) is 36.4 Å². The number of carbonyl (C=O) groups excluding carboxylic acids is 1. The van der Waals surface area contributed by atoms with Gasteiger partial charge in [-0.3, -0.25) is 9.52 Å². The molecule has 3 aromatic rings. The van der Waals surface area contributed by atoms with E-state index < -0.39 is 16.6 Å². The molecule has 3 heterocycles. The van der Waals surface area contributed by atoms with Gasteiger partial charge in [-0.2, -0.15) is 0 Å². The number of benzene rings is 2. The number of nitrogens with one attached hydrogen (secondary N) is 2. The van der Waals surface area contributed by atoms with Crippen molar-refractivity contribution in [3.63, 3.8) is 0 Å². The maximum absolute atomic E-state index is 13.6. The molecule has 0 unspecified atom stereocenters. The zero-order chi connectivity index (χ0) is 25.6. The molecule has 6 rings (SSSR count). The number of sulfonamides is 1. The first-order chi connectivity index (χ1) is 17.9. The molecule has 1 saturated carbocycles. The van der Waals surface area contributed by atoms with Crippen molar-refractivity contribution in [3.8, 4) is 0 Å². The van der Waals surface area contributed by atoms with Crippen LogP contribution >= 0.6 is 0 Å². The monoisotopic (exact) mass is 525 g/mol. The Labute approximate surface area is 215 Å². The van der Waals surface area contributed by atoms with Gasteiger partial charge in [-0.15, -0.1) is 0 Å². The second-order valence-electron chi connectivity index (χ2n) is 10.2. The number of piperidine rings is 1. The molecule has 37 heavy (non-hydrogen) atoms. The summed E-state index contributed by atoms with van der Waals surface area (Å²) in [6, 6.07) is 10.7. The second kappa shape index (κ2) is 9.30. The van der Waals surface area contributed by atoms with E-state index in [1.807, 2.05) is 18.2 Å². The van der Waals surface area contributed by atoms with E-state index in [1.165, 1.54) is 12.8 Å². The van der Waals surface area contributed by atoms with Crippen LogP contribution in [0.25, 0.3) is 11.0 Å². The lowest BCUT2D eigenvalue weighted by Crippen LogP contribution is -2.35. The molecule has 1 spiro atoms. The van der Waals surface area contributed by atoms with Crippen molar-refractivity contribution in [1.82, 2.24) is 9.55 Å². The third kappa shape index (κ3) is 4.78. The lowest BCUT2D eigenvalue weighted by molar-refractivity contribution is 0.0830. The van der Waals surface area contributed by atoms with Gasteiger partial charge in [0.05, 0.1) is 47.1 Å². The highest BCUT2D eigenvalue weighted by atomic mass is 32.2. The average molecular weight is 526 g/mol. The smallest absolute Gasteiger partial charge is 0.257 e. The molecule has 1 amide bonds. The van der Waals surface area contributed by atoms with Crippen LogP contribution < -0.4 is 14.9 Å². The Morgan fingerprint density at radius 1 is 1.11 bits per heavy atom. The predicted molar refractivity (Wildman–Crippen MR) is 141 cm³/mol. The molecule has 0 bridgehead atoms. The largest absolute Gasteiger partial charge is 0.395 e. The second-order valence-corrected chi connectivity index (χ2v) is 12.1. The molecule has 3 N–H and O–H groups in total. The van der Waals surface area contributed by atoms with Crippen molar-refractivity contribution < 1.29 is 23.1 Å². The van der Waals surface area contributed by atoms with Crippen LogP contribution in [0.5, 0.6) is 0 Å². The number of nitrogens with zero attached hydrogens (tertiary/aromatic N) is 3. The Kier molecular flexibility index (Phi) is 6.09. The fourth-order valence-corrected chi connectivity index (χ4v) is 6.29. The van der Waals surface area contributed by atoms with Crippen molar-refractivity contribution in [2.75, 3.05) is 47.0 Å². The van der Waals surface area contributed by atoms with Gasteiger partial charge in [0.25, 0.3) is 5.91 Å². The van der Waals surface area contributed by atoms with Crippen LogP contribution in [0.2, 0.25) is 0 Å². The van der Waals surface area contributed by atoms with Gasteiger partial charge in [-0.1, -0.05) is 6.07 Å². The van der Waals surface area contributed by atoms with Crippen molar-refractivity contribution in [2.45, 2.75) is 38.8 Å². The summed E-state index contributed by atoms with van der Waals surface area (Å²) >= 11 is 0. The predicted octanol–water partition coefficient (Wildman–Crippen LogP) is 2.93. The Bertz CT molecular complexity index is 1450. The van der Waals surface area contributed by atoms with Crippen molar-refractivity contribution in [3.05, 3.63) is 47.8 Å². The van der Waals surface area contributed by atoms with Gasteiger partial charge >= 0.3 is 0 Å². The van der Waals surface area contributed by atoms with E-state index in [-0.39, 0.29) is 11.7 Å². The molecule has 3 aliphatic rings. The lowest BCUT2D eigenvalue weighted by Gasteiger charge is -2.35. The zero-order valence-electron chi connectivity index (χ0n) is 20.6. The molecular formula is C26H31N5O5S. The van der Waals surface area contributed by atoms with E-state index in [2.05, 4.69) is 19.5 Å². The summed E-state index contributed by atoms with van der Waals surface area (Å²) in [6.07, 6.45) is 4.66. The Hall–Kier alpha value is -3.15. The standard InChI is InChI=1S/C26H31N5O5S/c32-13-15-37(34,35)29-18-4-5-19(22(16-18)30-10-8-26(6-7-26)9-11-30)25(33)27-20-2-1-3-21-24(20)28-23-17-36-14-12-31(21)23/h1-5,16,29,32H,6-15,17H2,(H,27,33). The van der Waals surface area contributed by atoms with E-state index in [4.69, 9.17) is 14.8 Å². The van der Waals surface area contributed by atoms with Gasteiger partial charge in [-0.25, -0.2) is 13.4 Å². The SMILES string of the molecule is O=C(Nc1cccc2c1nc1n2CCOC1)c1ccc(NS(=O)(=O)CCO)cc1N1CCC2(CC1)CC2. The van der Waals surface area contributed by atoms with Gasteiger partial charge in [0.2, 0.25) is 10.0 Å². The van der Waals surface area contributed by atoms with Gasteiger partial charge < -0.3 is 24.6 Å². The molecule has 0 atom stereocenters.